The average Bonchev–Trinajstić information content (AvgIpc) is 2.70. The first-order valence-corrected chi connectivity index (χ1v) is 7.68. The number of hydrogen-bond donors (Lipinski definition) is 1. The van der Waals surface area contributed by atoms with E-state index in [1.54, 1.807) is 11.3 Å². The van der Waals surface area contributed by atoms with Gasteiger partial charge in [0.25, 0.3) is 0 Å². The number of rotatable bonds is 8. The molecule has 18 heavy (non-hydrogen) atoms. The van der Waals surface area contributed by atoms with Crippen molar-refractivity contribution in [2.45, 2.75) is 46.7 Å². The smallest absolute Gasteiger partial charge is 0.0798 e. The Kier molecular flexibility index (Phi) is 6.82. The van der Waals surface area contributed by atoms with Crippen molar-refractivity contribution in [2.24, 2.45) is 5.92 Å². The molecule has 0 saturated carbocycles. The van der Waals surface area contributed by atoms with E-state index < -0.39 is 0 Å². The minimum Gasteiger partial charge on any atom is -0.315 e. The zero-order valence-corrected chi connectivity index (χ0v) is 13.2. The molecule has 3 nitrogen and oxygen atoms in total. The van der Waals surface area contributed by atoms with Crippen molar-refractivity contribution in [2.75, 3.05) is 20.1 Å². The van der Waals surface area contributed by atoms with Gasteiger partial charge in [-0.3, -0.25) is 4.90 Å². The van der Waals surface area contributed by atoms with Gasteiger partial charge >= 0.3 is 0 Å². The van der Waals surface area contributed by atoms with Crippen molar-refractivity contribution < 1.29 is 0 Å². The van der Waals surface area contributed by atoms with E-state index in [2.05, 4.69) is 49.9 Å². The van der Waals surface area contributed by atoms with Crippen LogP contribution < -0.4 is 5.32 Å². The third kappa shape index (κ3) is 5.46. The van der Waals surface area contributed by atoms with E-state index in [4.69, 9.17) is 0 Å². The monoisotopic (exact) mass is 269 g/mol. The van der Waals surface area contributed by atoms with Crippen LogP contribution in [0.2, 0.25) is 0 Å². The van der Waals surface area contributed by atoms with E-state index >= 15 is 0 Å². The minimum absolute atomic E-state index is 0.554. The Balaban J connectivity index is 2.24. The Hall–Kier alpha value is -0.450. The molecule has 1 N–H and O–H groups in total. The maximum absolute atomic E-state index is 4.30. The molecule has 0 bridgehead atoms. The second kappa shape index (κ2) is 7.87. The quantitative estimate of drug-likeness (QED) is 0.736. The molecule has 1 heterocycles. The van der Waals surface area contributed by atoms with Gasteiger partial charge in [-0.05, 0) is 39.8 Å². The van der Waals surface area contributed by atoms with E-state index in [0.29, 0.717) is 6.04 Å². The summed E-state index contributed by atoms with van der Waals surface area (Å²) in [5.74, 6) is 0.783. The average molecular weight is 269 g/mol. The predicted molar refractivity (Wildman–Crippen MR) is 80.1 cm³/mol. The number of hydrogen-bond acceptors (Lipinski definition) is 4. The normalized spacial score (nSPS) is 13.5. The lowest BCUT2D eigenvalue weighted by Gasteiger charge is -2.24. The molecule has 0 aromatic carbocycles. The molecule has 1 aromatic rings. The number of likely N-dealkylation sites (N-methyl/N-ethyl adjacent to an activating group) is 1. The van der Waals surface area contributed by atoms with Crippen molar-refractivity contribution in [1.82, 2.24) is 15.2 Å². The van der Waals surface area contributed by atoms with Crippen LogP contribution in [0.3, 0.4) is 0 Å². The lowest BCUT2D eigenvalue weighted by atomic mass is 10.1. The zero-order valence-electron chi connectivity index (χ0n) is 12.4. The number of nitrogens with zero attached hydrogens (tertiary/aromatic N) is 2. The van der Waals surface area contributed by atoms with Crippen molar-refractivity contribution in [3.63, 3.8) is 0 Å². The van der Waals surface area contributed by atoms with Crippen LogP contribution in [0.25, 0.3) is 0 Å². The third-order valence-electron chi connectivity index (χ3n) is 3.33. The van der Waals surface area contributed by atoms with Crippen LogP contribution in [0.4, 0.5) is 0 Å². The van der Waals surface area contributed by atoms with Gasteiger partial charge < -0.3 is 5.32 Å². The fourth-order valence-electron chi connectivity index (χ4n) is 1.72. The van der Waals surface area contributed by atoms with E-state index in [0.717, 1.165) is 25.6 Å². The summed E-state index contributed by atoms with van der Waals surface area (Å²) in [6, 6.07) is 0.554. The molecule has 4 heteroatoms. The summed E-state index contributed by atoms with van der Waals surface area (Å²) in [7, 11) is 2.19. The molecule has 1 aromatic heterocycles. The van der Waals surface area contributed by atoms with Crippen LogP contribution in [0, 0.1) is 12.8 Å². The molecular weight excluding hydrogens is 242 g/mol. The van der Waals surface area contributed by atoms with Gasteiger partial charge in [0.15, 0.2) is 0 Å². The molecule has 0 saturated heterocycles. The van der Waals surface area contributed by atoms with Gasteiger partial charge in [0.05, 0.1) is 11.2 Å². The molecule has 1 atom stereocenters. The summed E-state index contributed by atoms with van der Waals surface area (Å²) in [5, 5.41) is 3.54. The van der Waals surface area contributed by atoms with E-state index in [-0.39, 0.29) is 0 Å². The first kappa shape index (κ1) is 15.6. The molecule has 0 aliphatic carbocycles. The molecule has 0 fully saturated rings. The van der Waals surface area contributed by atoms with Crippen molar-refractivity contribution in [3.05, 3.63) is 16.1 Å². The standard InChI is InChI=1S/C14H27N3S/c1-11(2)6-7-15-8-12(3)17(5)9-14-13(4)16-10-18-14/h10-12,15H,6-9H2,1-5H3. The van der Waals surface area contributed by atoms with Gasteiger partial charge in [0, 0.05) is 24.0 Å². The van der Waals surface area contributed by atoms with Crippen LogP contribution in [0.15, 0.2) is 5.51 Å². The highest BCUT2D eigenvalue weighted by Crippen LogP contribution is 2.15. The largest absolute Gasteiger partial charge is 0.315 e. The SMILES string of the molecule is Cc1ncsc1CN(C)C(C)CNCCC(C)C. The third-order valence-corrected chi connectivity index (χ3v) is 4.25. The molecule has 0 amide bonds. The second-order valence-corrected chi connectivity index (χ2v) is 6.45. The number of nitrogens with one attached hydrogen (secondary N) is 1. The van der Waals surface area contributed by atoms with Gasteiger partial charge in [-0.25, -0.2) is 4.98 Å². The van der Waals surface area contributed by atoms with Crippen molar-refractivity contribution >= 4 is 11.3 Å². The van der Waals surface area contributed by atoms with Gasteiger partial charge in [-0.2, -0.15) is 0 Å². The van der Waals surface area contributed by atoms with Crippen LogP contribution in [0.5, 0.6) is 0 Å². The summed E-state index contributed by atoms with van der Waals surface area (Å²) >= 11 is 1.75. The first-order chi connectivity index (χ1) is 8.50. The highest BCUT2D eigenvalue weighted by atomic mass is 32.1. The summed E-state index contributed by atoms with van der Waals surface area (Å²) < 4.78 is 0. The molecule has 104 valence electrons. The van der Waals surface area contributed by atoms with Crippen LogP contribution in [-0.2, 0) is 6.54 Å². The highest BCUT2D eigenvalue weighted by molar-refractivity contribution is 7.09. The van der Waals surface area contributed by atoms with Crippen LogP contribution >= 0.6 is 11.3 Å². The maximum atomic E-state index is 4.30. The lowest BCUT2D eigenvalue weighted by molar-refractivity contribution is 0.243. The second-order valence-electron chi connectivity index (χ2n) is 5.51. The van der Waals surface area contributed by atoms with Crippen molar-refractivity contribution in [1.29, 1.82) is 0 Å². The fourth-order valence-corrected chi connectivity index (χ4v) is 2.56. The Labute approximate surface area is 116 Å². The summed E-state index contributed by atoms with van der Waals surface area (Å²) in [6.07, 6.45) is 1.25. The molecule has 0 radical (unpaired) electrons. The van der Waals surface area contributed by atoms with Gasteiger partial charge in [-0.1, -0.05) is 13.8 Å². The first-order valence-electron chi connectivity index (χ1n) is 6.80. The van der Waals surface area contributed by atoms with Gasteiger partial charge in [0.1, 0.15) is 0 Å². The summed E-state index contributed by atoms with van der Waals surface area (Å²) in [4.78, 5) is 8.07. The fraction of sp³-hybridized carbons (Fsp3) is 0.786. The number of thiazole rings is 1. The molecule has 1 unspecified atom stereocenters. The molecule has 1 rings (SSSR count). The zero-order chi connectivity index (χ0) is 13.5. The Morgan fingerprint density at radius 3 is 2.67 bits per heavy atom. The predicted octanol–water partition coefficient (Wildman–Crippen LogP) is 2.91. The summed E-state index contributed by atoms with van der Waals surface area (Å²) in [5.41, 5.74) is 3.11. The molecule has 0 aliphatic heterocycles. The minimum atomic E-state index is 0.554. The van der Waals surface area contributed by atoms with Gasteiger partial charge in [-0.15, -0.1) is 11.3 Å². The number of aromatic nitrogens is 1. The number of aryl methyl sites for hydroxylation is 1. The van der Waals surface area contributed by atoms with E-state index in [1.165, 1.54) is 17.0 Å². The highest BCUT2D eigenvalue weighted by Gasteiger charge is 2.11. The van der Waals surface area contributed by atoms with Crippen LogP contribution in [-0.4, -0.2) is 36.1 Å². The van der Waals surface area contributed by atoms with Crippen molar-refractivity contribution in [3.8, 4) is 0 Å². The maximum Gasteiger partial charge on any atom is 0.0798 e. The van der Waals surface area contributed by atoms with E-state index in [1.807, 2.05) is 5.51 Å². The lowest BCUT2D eigenvalue weighted by Crippen LogP contribution is -2.38. The topological polar surface area (TPSA) is 28.2 Å². The molecule has 0 aliphatic rings. The van der Waals surface area contributed by atoms with Crippen LogP contribution in [0.1, 0.15) is 37.8 Å². The Morgan fingerprint density at radius 2 is 2.11 bits per heavy atom. The van der Waals surface area contributed by atoms with Gasteiger partial charge in [0.2, 0.25) is 0 Å². The van der Waals surface area contributed by atoms with E-state index in [9.17, 15) is 0 Å². The molecular formula is C14H27N3S. The summed E-state index contributed by atoms with van der Waals surface area (Å²) in [6.45, 7) is 12.1. The Bertz CT molecular complexity index is 336. The molecule has 0 spiro atoms. The Morgan fingerprint density at radius 1 is 1.39 bits per heavy atom.